The van der Waals surface area contributed by atoms with Gasteiger partial charge in [-0.15, -0.1) is 6.58 Å². The number of hydrogen-bond acceptors (Lipinski definition) is 6. The van der Waals surface area contributed by atoms with Crippen LogP contribution in [0.25, 0.3) is 0 Å². The van der Waals surface area contributed by atoms with Gasteiger partial charge in [0.1, 0.15) is 17.6 Å². The Morgan fingerprint density at radius 1 is 1.24 bits per heavy atom. The average Bonchev–Trinajstić information content (AvgIpc) is 3.37. The first-order valence-electron chi connectivity index (χ1n) is 13.0. The number of likely N-dealkylation sites (tertiary alicyclic amines) is 1. The summed E-state index contributed by atoms with van der Waals surface area (Å²) in [6.45, 7) is 11.4. The van der Waals surface area contributed by atoms with Crippen LogP contribution in [-0.2, 0) is 23.9 Å². The Balaban J connectivity index is 1.95. The highest BCUT2D eigenvalue weighted by Gasteiger charge is 2.78. The molecule has 1 N–H and O–H groups in total. The number of carbonyl (C=O) groups excluding carboxylic acids is 3. The van der Waals surface area contributed by atoms with Gasteiger partial charge in [0.2, 0.25) is 11.8 Å². The summed E-state index contributed by atoms with van der Waals surface area (Å²) in [6.07, 6.45) is 7.89. The van der Waals surface area contributed by atoms with Gasteiger partial charge in [-0.3, -0.25) is 14.4 Å². The summed E-state index contributed by atoms with van der Waals surface area (Å²) in [6, 6.07) is -0.749. The van der Waals surface area contributed by atoms with Gasteiger partial charge < -0.3 is 24.4 Å². The van der Waals surface area contributed by atoms with Crippen LogP contribution in [0.4, 0.5) is 0 Å². The lowest BCUT2D eigenvalue weighted by Gasteiger charge is -2.37. The number of ether oxygens (including phenoxy) is 2. The Labute approximate surface area is 203 Å². The molecule has 0 saturated carbocycles. The van der Waals surface area contributed by atoms with E-state index >= 15 is 0 Å². The maximum atomic E-state index is 14.0. The van der Waals surface area contributed by atoms with E-state index in [1.165, 1.54) is 0 Å². The van der Waals surface area contributed by atoms with Gasteiger partial charge in [0, 0.05) is 26.2 Å². The van der Waals surface area contributed by atoms with Crippen molar-refractivity contribution in [2.24, 2.45) is 11.8 Å². The highest BCUT2D eigenvalue weighted by molar-refractivity contribution is 5.98. The molecule has 0 radical (unpaired) electrons. The molecular formula is C26H42N2O6. The highest BCUT2D eigenvalue weighted by atomic mass is 16.6. The Hall–Kier alpha value is -1.93. The van der Waals surface area contributed by atoms with Crippen molar-refractivity contribution >= 4 is 17.8 Å². The molecule has 0 aromatic carbocycles. The number of rotatable bonds is 14. The number of aliphatic hydroxyl groups is 1. The van der Waals surface area contributed by atoms with Crippen molar-refractivity contribution in [2.45, 2.75) is 89.4 Å². The van der Waals surface area contributed by atoms with Crippen LogP contribution in [0.15, 0.2) is 12.7 Å². The maximum absolute atomic E-state index is 14.0. The normalized spacial score (nSPS) is 31.6. The van der Waals surface area contributed by atoms with Gasteiger partial charge in [-0.1, -0.05) is 32.3 Å². The van der Waals surface area contributed by atoms with Gasteiger partial charge in [-0.25, -0.2) is 0 Å². The van der Waals surface area contributed by atoms with E-state index in [2.05, 4.69) is 13.5 Å². The largest absolute Gasteiger partial charge is 0.466 e. The first-order chi connectivity index (χ1) is 16.3. The van der Waals surface area contributed by atoms with Gasteiger partial charge in [-0.2, -0.15) is 0 Å². The van der Waals surface area contributed by atoms with E-state index in [4.69, 9.17) is 14.6 Å². The molecule has 3 rings (SSSR count). The second kappa shape index (κ2) is 11.2. The fraction of sp³-hybridized carbons (Fsp3) is 0.808. The summed E-state index contributed by atoms with van der Waals surface area (Å²) >= 11 is 0. The molecule has 34 heavy (non-hydrogen) atoms. The van der Waals surface area contributed by atoms with Crippen molar-refractivity contribution in [3.8, 4) is 0 Å². The van der Waals surface area contributed by atoms with Crippen molar-refractivity contribution in [2.75, 3.05) is 32.8 Å². The van der Waals surface area contributed by atoms with Crippen LogP contribution >= 0.6 is 0 Å². The molecule has 8 heteroatoms. The van der Waals surface area contributed by atoms with Crippen LogP contribution in [0.3, 0.4) is 0 Å². The number of hydrogen-bond donors (Lipinski definition) is 1. The van der Waals surface area contributed by atoms with Crippen LogP contribution in [0, 0.1) is 11.8 Å². The Morgan fingerprint density at radius 2 is 1.97 bits per heavy atom. The molecular weight excluding hydrogens is 436 g/mol. The lowest BCUT2D eigenvalue weighted by molar-refractivity contribution is -0.160. The molecule has 8 nitrogen and oxygen atoms in total. The predicted octanol–water partition coefficient (Wildman–Crippen LogP) is 2.68. The molecule has 0 aromatic heterocycles. The van der Waals surface area contributed by atoms with Crippen molar-refractivity contribution < 1.29 is 29.0 Å². The van der Waals surface area contributed by atoms with E-state index in [9.17, 15) is 14.4 Å². The number of nitrogens with zero attached hydrogens (tertiary/aromatic N) is 2. The van der Waals surface area contributed by atoms with E-state index in [1.807, 2.05) is 6.92 Å². The minimum atomic E-state index is -1.00. The Morgan fingerprint density at radius 3 is 2.62 bits per heavy atom. The second-order valence-corrected chi connectivity index (χ2v) is 10.1. The number of esters is 1. The van der Waals surface area contributed by atoms with Crippen molar-refractivity contribution in [3.63, 3.8) is 0 Å². The van der Waals surface area contributed by atoms with Gasteiger partial charge in [0.05, 0.1) is 18.1 Å². The predicted molar refractivity (Wildman–Crippen MR) is 128 cm³/mol. The first kappa shape index (κ1) is 26.7. The molecule has 3 heterocycles. The molecule has 2 unspecified atom stereocenters. The summed E-state index contributed by atoms with van der Waals surface area (Å²) in [5, 5.41) is 9.06. The van der Waals surface area contributed by atoms with Crippen LogP contribution in [0.1, 0.15) is 72.1 Å². The zero-order valence-electron chi connectivity index (χ0n) is 21.1. The maximum Gasteiger partial charge on any atom is 0.312 e. The molecule has 0 aromatic rings. The van der Waals surface area contributed by atoms with E-state index in [0.717, 1.165) is 38.5 Å². The third-order valence-electron chi connectivity index (χ3n) is 7.80. The van der Waals surface area contributed by atoms with Crippen molar-refractivity contribution in [1.29, 1.82) is 0 Å². The standard InChI is InChI=1S/C26H42N2O6/c1-5-8-16-27(15-6-2)23(31)21-26-14-13-25(4,34-26)20(24(32)33-7-3)19(26)22(30)28(21)17-11-9-10-12-18-29/h6,19-21,29H,2,5,7-18H2,1,3-4H3/t19-,20-,21?,25+,26?/m0/s1. The van der Waals surface area contributed by atoms with Crippen molar-refractivity contribution in [3.05, 3.63) is 12.7 Å². The fourth-order valence-electron chi connectivity index (χ4n) is 6.25. The lowest BCUT2D eigenvalue weighted by atomic mass is 9.66. The number of fused-ring (bicyclic) bond motifs is 1. The van der Waals surface area contributed by atoms with E-state index in [-0.39, 0.29) is 25.0 Å². The average molecular weight is 479 g/mol. The van der Waals surface area contributed by atoms with Gasteiger partial charge >= 0.3 is 5.97 Å². The second-order valence-electron chi connectivity index (χ2n) is 10.1. The topological polar surface area (TPSA) is 96.4 Å². The summed E-state index contributed by atoms with van der Waals surface area (Å²) < 4.78 is 12.0. The van der Waals surface area contributed by atoms with E-state index in [0.29, 0.717) is 32.5 Å². The molecule has 0 aliphatic carbocycles. The molecule has 3 aliphatic heterocycles. The van der Waals surface area contributed by atoms with Crippen LogP contribution in [0.5, 0.6) is 0 Å². The van der Waals surface area contributed by atoms with Gasteiger partial charge in [0.25, 0.3) is 0 Å². The van der Waals surface area contributed by atoms with Crippen LogP contribution in [0.2, 0.25) is 0 Å². The molecule has 2 bridgehead atoms. The smallest absolute Gasteiger partial charge is 0.312 e. The Kier molecular flexibility index (Phi) is 8.79. The third-order valence-corrected chi connectivity index (χ3v) is 7.80. The van der Waals surface area contributed by atoms with Crippen LogP contribution < -0.4 is 0 Å². The molecule has 3 saturated heterocycles. The fourth-order valence-corrected chi connectivity index (χ4v) is 6.25. The summed E-state index contributed by atoms with van der Waals surface area (Å²) in [7, 11) is 0. The molecule has 3 aliphatic rings. The number of aliphatic hydroxyl groups excluding tert-OH is 1. The number of amides is 2. The molecule has 192 valence electrons. The van der Waals surface area contributed by atoms with E-state index in [1.54, 1.807) is 22.8 Å². The van der Waals surface area contributed by atoms with Gasteiger partial charge in [0.15, 0.2) is 0 Å². The summed E-state index contributed by atoms with van der Waals surface area (Å²) in [5.41, 5.74) is -1.80. The zero-order chi connectivity index (χ0) is 24.9. The highest BCUT2D eigenvalue weighted by Crippen LogP contribution is 2.63. The SMILES string of the molecule is C=CCN(CCCC)C(=O)C1N(CCCCCCO)C(=O)[C@@H]2[C@@H](C(=O)OCC)[C@@]3(C)CCC12O3. The summed E-state index contributed by atoms with van der Waals surface area (Å²) in [4.78, 5) is 44.4. The molecule has 3 fully saturated rings. The minimum Gasteiger partial charge on any atom is -0.466 e. The quantitative estimate of drug-likeness (QED) is 0.234. The van der Waals surface area contributed by atoms with Crippen molar-refractivity contribution in [1.82, 2.24) is 9.80 Å². The first-order valence-corrected chi connectivity index (χ1v) is 13.0. The number of unbranched alkanes of at least 4 members (excludes halogenated alkanes) is 4. The Bertz CT molecular complexity index is 772. The molecule has 5 atom stereocenters. The molecule has 1 spiro atoms. The minimum absolute atomic E-state index is 0.117. The van der Waals surface area contributed by atoms with Crippen LogP contribution in [-0.4, -0.2) is 82.8 Å². The third kappa shape index (κ3) is 4.63. The van der Waals surface area contributed by atoms with Gasteiger partial charge in [-0.05, 0) is 46.0 Å². The lowest BCUT2D eigenvalue weighted by Crippen LogP contribution is -2.56. The molecule has 2 amide bonds. The van der Waals surface area contributed by atoms with E-state index < -0.39 is 35.0 Å². The monoisotopic (exact) mass is 478 g/mol. The zero-order valence-corrected chi connectivity index (χ0v) is 21.1. The number of carbonyl (C=O) groups is 3. The summed E-state index contributed by atoms with van der Waals surface area (Å²) in [5.74, 6) is -2.10.